The predicted molar refractivity (Wildman–Crippen MR) is 52.5 cm³/mol. The van der Waals surface area contributed by atoms with Crippen molar-refractivity contribution < 1.29 is 9.53 Å². The first-order valence-corrected chi connectivity index (χ1v) is 4.19. The van der Waals surface area contributed by atoms with Gasteiger partial charge in [-0.3, -0.25) is 4.79 Å². The van der Waals surface area contributed by atoms with Crippen molar-refractivity contribution in [1.82, 2.24) is 4.98 Å². The van der Waals surface area contributed by atoms with Gasteiger partial charge in [-0.05, 0) is 18.1 Å². The van der Waals surface area contributed by atoms with E-state index >= 15 is 0 Å². The molecule has 1 heterocycles. The third kappa shape index (κ3) is 3.50. The van der Waals surface area contributed by atoms with Gasteiger partial charge in [0.1, 0.15) is 23.9 Å². The summed E-state index contributed by atoms with van der Waals surface area (Å²) in [5.74, 6) is 4.89. The van der Waals surface area contributed by atoms with Crippen molar-refractivity contribution in [3.05, 3.63) is 29.6 Å². The Kier molecular flexibility index (Phi) is 3.88. The molecule has 0 amide bonds. The Balaban J connectivity index is 2.72. The highest BCUT2D eigenvalue weighted by molar-refractivity contribution is 5.72. The smallest absolute Gasteiger partial charge is 0.317 e. The molecular formula is C11H8N2O2. The molecule has 0 N–H and O–H groups in total. The molecule has 1 rings (SSSR count). The molecule has 1 aromatic heterocycles. The third-order valence-electron chi connectivity index (χ3n) is 1.54. The summed E-state index contributed by atoms with van der Waals surface area (Å²) in [6.07, 6.45) is 0.0228. The molecule has 0 radical (unpaired) electrons. The summed E-state index contributed by atoms with van der Waals surface area (Å²) in [5, 5.41) is 8.58. The van der Waals surface area contributed by atoms with E-state index in [0.29, 0.717) is 11.4 Å². The first kappa shape index (κ1) is 10.7. The SMILES string of the molecule is COC(=O)CC#Cc1cccc(C#N)n1. The van der Waals surface area contributed by atoms with Crippen LogP contribution >= 0.6 is 0 Å². The van der Waals surface area contributed by atoms with Gasteiger partial charge in [0.05, 0.1) is 7.11 Å². The second-order valence-electron chi connectivity index (χ2n) is 2.57. The predicted octanol–water partition coefficient (Wildman–Crippen LogP) is 0.868. The van der Waals surface area contributed by atoms with Crippen LogP contribution in [-0.4, -0.2) is 18.1 Å². The summed E-state index contributed by atoms with van der Waals surface area (Å²) >= 11 is 0. The minimum atomic E-state index is -0.390. The molecule has 0 aromatic carbocycles. The zero-order chi connectivity index (χ0) is 11.1. The van der Waals surface area contributed by atoms with Crippen LogP contribution in [0.15, 0.2) is 18.2 Å². The van der Waals surface area contributed by atoms with Crippen LogP contribution in [-0.2, 0) is 9.53 Å². The van der Waals surface area contributed by atoms with Gasteiger partial charge in [0, 0.05) is 0 Å². The van der Waals surface area contributed by atoms with Gasteiger partial charge in [0.15, 0.2) is 0 Å². The standard InChI is InChI=1S/C11H8N2O2/c1-15-11(14)7-3-5-9-4-2-6-10(8-12)13-9/h2,4,6H,7H2,1H3. The number of nitrogens with zero attached hydrogens (tertiary/aromatic N) is 2. The summed E-state index contributed by atoms with van der Waals surface area (Å²) in [7, 11) is 1.30. The Labute approximate surface area is 87.5 Å². The number of carbonyl (C=O) groups is 1. The summed E-state index contributed by atoms with van der Waals surface area (Å²) in [4.78, 5) is 14.7. The fourth-order valence-corrected chi connectivity index (χ4v) is 0.846. The molecule has 0 spiro atoms. The monoisotopic (exact) mass is 200 g/mol. The highest BCUT2D eigenvalue weighted by Crippen LogP contribution is 1.96. The van der Waals surface area contributed by atoms with Gasteiger partial charge in [0.25, 0.3) is 0 Å². The second kappa shape index (κ2) is 5.41. The summed E-state index contributed by atoms with van der Waals surface area (Å²) in [5.41, 5.74) is 0.776. The van der Waals surface area contributed by atoms with Crippen LogP contribution in [0.5, 0.6) is 0 Å². The Morgan fingerprint density at radius 2 is 2.27 bits per heavy atom. The van der Waals surface area contributed by atoms with Crippen molar-refractivity contribution in [3.63, 3.8) is 0 Å². The topological polar surface area (TPSA) is 63.0 Å². The molecule has 0 unspecified atom stereocenters. The number of pyridine rings is 1. The molecule has 4 heteroatoms. The molecule has 0 atom stereocenters. The van der Waals surface area contributed by atoms with Crippen molar-refractivity contribution in [1.29, 1.82) is 5.26 Å². The lowest BCUT2D eigenvalue weighted by Crippen LogP contribution is -1.97. The van der Waals surface area contributed by atoms with E-state index in [-0.39, 0.29) is 12.4 Å². The maximum atomic E-state index is 10.7. The highest BCUT2D eigenvalue weighted by Gasteiger charge is 1.95. The lowest BCUT2D eigenvalue weighted by Gasteiger charge is -1.90. The number of ether oxygens (including phenoxy) is 1. The minimum absolute atomic E-state index is 0.0228. The van der Waals surface area contributed by atoms with Crippen molar-refractivity contribution in [2.24, 2.45) is 0 Å². The van der Waals surface area contributed by atoms with Gasteiger partial charge >= 0.3 is 5.97 Å². The van der Waals surface area contributed by atoms with Gasteiger partial charge in [-0.2, -0.15) is 5.26 Å². The number of nitriles is 1. The van der Waals surface area contributed by atoms with Gasteiger partial charge in [-0.1, -0.05) is 12.0 Å². The van der Waals surface area contributed by atoms with Crippen LogP contribution in [0.2, 0.25) is 0 Å². The normalized spacial score (nSPS) is 8.27. The lowest BCUT2D eigenvalue weighted by atomic mass is 10.3. The van der Waals surface area contributed by atoms with Crippen LogP contribution in [0.1, 0.15) is 17.8 Å². The molecule has 74 valence electrons. The average Bonchev–Trinajstić information content (AvgIpc) is 2.29. The molecule has 0 aliphatic heterocycles. The van der Waals surface area contributed by atoms with Crippen LogP contribution in [0.4, 0.5) is 0 Å². The van der Waals surface area contributed by atoms with Gasteiger partial charge < -0.3 is 4.74 Å². The fourth-order valence-electron chi connectivity index (χ4n) is 0.846. The van der Waals surface area contributed by atoms with E-state index in [2.05, 4.69) is 21.6 Å². The van der Waals surface area contributed by atoms with E-state index in [0.717, 1.165) is 0 Å². The first-order chi connectivity index (χ1) is 7.26. The summed E-state index contributed by atoms with van der Waals surface area (Å²) < 4.78 is 4.42. The van der Waals surface area contributed by atoms with Gasteiger partial charge in [-0.15, -0.1) is 0 Å². The van der Waals surface area contributed by atoms with Crippen molar-refractivity contribution >= 4 is 5.97 Å². The van der Waals surface area contributed by atoms with Crippen molar-refractivity contribution in [2.75, 3.05) is 7.11 Å². The zero-order valence-electron chi connectivity index (χ0n) is 8.15. The average molecular weight is 200 g/mol. The minimum Gasteiger partial charge on any atom is -0.468 e. The molecule has 1 aromatic rings. The van der Waals surface area contributed by atoms with Crippen LogP contribution in [0.3, 0.4) is 0 Å². The maximum Gasteiger partial charge on any atom is 0.317 e. The first-order valence-electron chi connectivity index (χ1n) is 4.19. The molecule has 0 aliphatic rings. The zero-order valence-corrected chi connectivity index (χ0v) is 8.15. The Morgan fingerprint density at radius 1 is 1.53 bits per heavy atom. The number of methoxy groups -OCH3 is 1. The lowest BCUT2D eigenvalue weighted by molar-refractivity contribution is -0.139. The third-order valence-corrected chi connectivity index (χ3v) is 1.54. The highest BCUT2D eigenvalue weighted by atomic mass is 16.5. The number of esters is 1. The maximum absolute atomic E-state index is 10.7. The fraction of sp³-hybridized carbons (Fsp3) is 0.182. The van der Waals surface area contributed by atoms with Crippen molar-refractivity contribution in [2.45, 2.75) is 6.42 Å². The quantitative estimate of drug-likeness (QED) is 0.498. The number of hydrogen-bond donors (Lipinski definition) is 0. The second-order valence-corrected chi connectivity index (χ2v) is 2.57. The van der Waals surface area contributed by atoms with Crippen LogP contribution in [0, 0.1) is 23.2 Å². The Morgan fingerprint density at radius 3 is 2.93 bits per heavy atom. The largest absolute Gasteiger partial charge is 0.468 e. The molecule has 0 saturated carbocycles. The molecular weight excluding hydrogens is 192 g/mol. The number of carbonyl (C=O) groups excluding carboxylic acids is 1. The van der Waals surface area contributed by atoms with E-state index < -0.39 is 0 Å². The van der Waals surface area contributed by atoms with E-state index in [4.69, 9.17) is 5.26 Å². The Hall–Kier alpha value is -2.33. The van der Waals surface area contributed by atoms with Crippen LogP contribution < -0.4 is 0 Å². The van der Waals surface area contributed by atoms with Gasteiger partial charge in [0.2, 0.25) is 0 Å². The molecule has 0 bridgehead atoms. The number of aromatic nitrogens is 1. The van der Waals surface area contributed by atoms with Gasteiger partial charge in [-0.25, -0.2) is 4.98 Å². The number of rotatable bonds is 1. The molecule has 0 aliphatic carbocycles. The van der Waals surface area contributed by atoms with E-state index in [1.54, 1.807) is 18.2 Å². The molecule has 4 nitrogen and oxygen atoms in total. The number of hydrogen-bond acceptors (Lipinski definition) is 4. The molecule has 0 fully saturated rings. The van der Waals surface area contributed by atoms with E-state index in [1.165, 1.54) is 7.11 Å². The molecule has 15 heavy (non-hydrogen) atoms. The van der Waals surface area contributed by atoms with Crippen molar-refractivity contribution in [3.8, 4) is 17.9 Å². The summed E-state index contributed by atoms with van der Waals surface area (Å²) in [6, 6.07) is 6.86. The van der Waals surface area contributed by atoms with Crippen LogP contribution in [0.25, 0.3) is 0 Å². The summed E-state index contributed by atoms with van der Waals surface area (Å²) in [6.45, 7) is 0. The Bertz CT molecular complexity index is 463. The van der Waals surface area contributed by atoms with E-state index in [9.17, 15) is 4.79 Å². The van der Waals surface area contributed by atoms with E-state index in [1.807, 2.05) is 6.07 Å². The molecule has 0 saturated heterocycles.